The molecule has 1 aliphatic rings. The van der Waals surface area contributed by atoms with E-state index in [2.05, 4.69) is 10.6 Å². The van der Waals surface area contributed by atoms with E-state index in [0.717, 1.165) is 5.56 Å². The minimum atomic E-state index is -0.420. The number of benzene rings is 1. The van der Waals surface area contributed by atoms with Crippen molar-refractivity contribution in [2.24, 2.45) is 0 Å². The molecule has 1 aromatic carbocycles. The molecule has 22 heavy (non-hydrogen) atoms. The molecule has 0 saturated carbocycles. The van der Waals surface area contributed by atoms with E-state index in [1.165, 1.54) is 6.20 Å². The quantitative estimate of drug-likeness (QED) is 0.655. The van der Waals surface area contributed by atoms with Crippen LogP contribution in [0.2, 0.25) is 0 Å². The zero-order valence-corrected chi connectivity index (χ0v) is 12.9. The standard InChI is InChI=1S/C16H19N3O3/c1-16(2,3)19-9-12(7-17)15(20)18-8-11-4-5-13-14(6-11)22-10-21-13/h4-6,9,19H,8,10H2,1-3H3,(H,18,20)/b12-9-. The van der Waals surface area contributed by atoms with Crippen molar-refractivity contribution < 1.29 is 14.3 Å². The van der Waals surface area contributed by atoms with Gasteiger partial charge in [-0.25, -0.2) is 0 Å². The number of ether oxygens (including phenoxy) is 2. The number of hydrogen-bond acceptors (Lipinski definition) is 5. The summed E-state index contributed by atoms with van der Waals surface area (Å²) >= 11 is 0. The molecule has 1 aromatic rings. The Morgan fingerprint density at radius 2 is 2.09 bits per heavy atom. The number of nitrogens with one attached hydrogen (secondary N) is 2. The van der Waals surface area contributed by atoms with Crippen LogP contribution in [0.4, 0.5) is 0 Å². The van der Waals surface area contributed by atoms with Crippen LogP contribution >= 0.6 is 0 Å². The SMILES string of the molecule is CC(C)(C)N/C=C(/C#N)C(=O)NCc1ccc2c(c1)OCO2. The van der Waals surface area contributed by atoms with Crippen molar-refractivity contribution in [3.8, 4) is 17.6 Å². The van der Waals surface area contributed by atoms with Gasteiger partial charge in [-0.3, -0.25) is 4.79 Å². The highest BCUT2D eigenvalue weighted by molar-refractivity contribution is 5.97. The number of hydrogen-bond donors (Lipinski definition) is 2. The van der Waals surface area contributed by atoms with Crippen LogP contribution in [0.3, 0.4) is 0 Å². The topological polar surface area (TPSA) is 83.4 Å². The number of nitrogens with zero attached hydrogens (tertiary/aromatic N) is 1. The van der Waals surface area contributed by atoms with Crippen LogP contribution in [-0.2, 0) is 11.3 Å². The maximum Gasteiger partial charge on any atom is 0.263 e. The first kappa shape index (κ1) is 15.7. The predicted molar refractivity (Wildman–Crippen MR) is 81.0 cm³/mol. The monoisotopic (exact) mass is 301 g/mol. The second-order valence-electron chi connectivity index (χ2n) is 5.93. The molecule has 6 heteroatoms. The minimum absolute atomic E-state index is 0.0377. The van der Waals surface area contributed by atoms with Crippen LogP contribution in [0, 0.1) is 11.3 Å². The van der Waals surface area contributed by atoms with Gasteiger partial charge in [0.25, 0.3) is 5.91 Å². The predicted octanol–water partition coefficient (Wildman–Crippen LogP) is 1.83. The van der Waals surface area contributed by atoms with E-state index in [1.54, 1.807) is 6.07 Å². The zero-order chi connectivity index (χ0) is 16.2. The molecule has 6 nitrogen and oxygen atoms in total. The summed E-state index contributed by atoms with van der Waals surface area (Å²) in [5.74, 6) is 0.941. The summed E-state index contributed by atoms with van der Waals surface area (Å²) < 4.78 is 10.5. The lowest BCUT2D eigenvalue weighted by atomic mass is 10.1. The van der Waals surface area contributed by atoms with E-state index in [-0.39, 0.29) is 17.9 Å². The van der Waals surface area contributed by atoms with Crippen molar-refractivity contribution in [1.29, 1.82) is 5.26 Å². The Hall–Kier alpha value is -2.68. The summed E-state index contributed by atoms with van der Waals surface area (Å²) in [7, 11) is 0. The van der Waals surface area contributed by atoms with Crippen molar-refractivity contribution in [3.63, 3.8) is 0 Å². The van der Waals surface area contributed by atoms with Gasteiger partial charge in [-0.1, -0.05) is 6.07 Å². The molecule has 0 saturated heterocycles. The number of carbonyl (C=O) groups excluding carboxylic acids is 1. The third-order valence-electron chi connectivity index (χ3n) is 2.90. The van der Waals surface area contributed by atoms with Crippen molar-refractivity contribution >= 4 is 5.91 Å². The Kier molecular flexibility index (Phi) is 4.56. The Morgan fingerprint density at radius 1 is 1.36 bits per heavy atom. The molecule has 2 N–H and O–H groups in total. The van der Waals surface area contributed by atoms with E-state index in [9.17, 15) is 4.79 Å². The third kappa shape index (κ3) is 4.16. The smallest absolute Gasteiger partial charge is 0.263 e. The van der Waals surface area contributed by atoms with Crippen molar-refractivity contribution in [1.82, 2.24) is 10.6 Å². The highest BCUT2D eigenvalue weighted by Crippen LogP contribution is 2.32. The molecule has 116 valence electrons. The fourth-order valence-corrected chi connectivity index (χ4v) is 1.77. The molecule has 0 aliphatic carbocycles. The Balaban J connectivity index is 1.95. The molecule has 0 fully saturated rings. The number of rotatable bonds is 4. The van der Waals surface area contributed by atoms with E-state index in [4.69, 9.17) is 14.7 Å². The van der Waals surface area contributed by atoms with Gasteiger partial charge in [-0.2, -0.15) is 5.26 Å². The lowest BCUT2D eigenvalue weighted by Gasteiger charge is -2.18. The average molecular weight is 301 g/mol. The van der Waals surface area contributed by atoms with Crippen molar-refractivity contribution in [3.05, 3.63) is 35.5 Å². The largest absolute Gasteiger partial charge is 0.454 e. The van der Waals surface area contributed by atoms with Gasteiger partial charge in [0.15, 0.2) is 11.5 Å². The van der Waals surface area contributed by atoms with Gasteiger partial charge < -0.3 is 20.1 Å². The van der Waals surface area contributed by atoms with Gasteiger partial charge in [0.05, 0.1) is 0 Å². The number of nitriles is 1. The van der Waals surface area contributed by atoms with Crippen molar-refractivity contribution in [2.75, 3.05) is 6.79 Å². The third-order valence-corrected chi connectivity index (χ3v) is 2.90. The summed E-state index contributed by atoms with van der Waals surface area (Å²) in [4.78, 5) is 12.0. The van der Waals surface area contributed by atoms with E-state index >= 15 is 0 Å². The normalized spacial score (nSPS) is 13.5. The summed E-state index contributed by atoms with van der Waals surface area (Å²) in [6.07, 6.45) is 1.44. The highest BCUT2D eigenvalue weighted by Gasteiger charge is 2.15. The first-order chi connectivity index (χ1) is 10.4. The second kappa shape index (κ2) is 6.39. The van der Waals surface area contributed by atoms with Gasteiger partial charge in [0.1, 0.15) is 11.6 Å². The van der Waals surface area contributed by atoms with Crippen LogP contribution in [0.1, 0.15) is 26.3 Å². The maximum atomic E-state index is 12.0. The van der Waals surface area contributed by atoms with E-state index in [1.807, 2.05) is 39.0 Å². The molecule has 1 amide bonds. The molecule has 0 atom stereocenters. The molecular formula is C16H19N3O3. The summed E-state index contributed by atoms with van der Waals surface area (Å²) in [6, 6.07) is 7.35. The van der Waals surface area contributed by atoms with Gasteiger partial charge in [-0.05, 0) is 38.5 Å². The number of amides is 1. The lowest BCUT2D eigenvalue weighted by molar-refractivity contribution is -0.117. The molecular weight excluding hydrogens is 282 g/mol. The van der Waals surface area contributed by atoms with Gasteiger partial charge >= 0.3 is 0 Å². The summed E-state index contributed by atoms with van der Waals surface area (Å²) in [6.45, 7) is 6.37. The molecule has 1 aliphatic heterocycles. The number of fused-ring (bicyclic) bond motifs is 1. The van der Waals surface area contributed by atoms with Crippen LogP contribution < -0.4 is 20.1 Å². The maximum absolute atomic E-state index is 12.0. The van der Waals surface area contributed by atoms with E-state index < -0.39 is 5.91 Å². The molecule has 0 spiro atoms. The first-order valence-electron chi connectivity index (χ1n) is 6.94. The van der Waals surface area contributed by atoms with Gasteiger partial charge in [0, 0.05) is 18.3 Å². The summed E-state index contributed by atoms with van der Waals surface area (Å²) in [5, 5.41) is 14.8. The molecule has 0 radical (unpaired) electrons. The van der Waals surface area contributed by atoms with Gasteiger partial charge in [-0.15, -0.1) is 0 Å². The molecule has 0 unspecified atom stereocenters. The average Bonchev–Trinajstić information content (AvgIpc) is 2.92. The fourth-order valence-electron chi connectivity index (χ4n) is 1.77. The zero-order valence-electron chi connectivity index (χ0n) is 12.9. The molecule has 2 rings (SSSR count). The minimum Gasteiger partial charge on any atom is -0.454 e. The molecule has 0 aromatic heterocycles. The van der Waals surface area contributed by atoms with Crippen LogP contribution in [0.25, 0.3) is 0 Å². The molecule has 1 heterocycles. The first-order valence-corrected chi connectivity index (χ1v) is 6.94. The van der Waals surface area contributed by atoms with E-state index in [0.29, 0.717) is 18.0 Å². The number of carbonyl (C=O) groups is 1. The van der Waals surface area contributed by atoms with Crippen LogP contribution in [-0.4, -0.2) is 18.2 Å². The van der Waals surface area contributed by atoms with Crippen LogP contribution in [0.15, 0.2) is 30.0 Å². The Bertz CT molecular complexity index is 639. The van der Waals surface area contributed by atoms with Gasteiger partial charge in [0.2, 0.25) is 6.79 Å². The molecule has 0 bridgehead atoms. The summed E-state index contributed by atoms with van der Waals surface area (Å²) in [5.41, 5.74) is 0.703. The Labute approximate surface area is 129 Å². The second-order valence-corrected chi connectivity index (χ2v) is 5.93. The van der Waals surface area contributed by atoms with Crippen LogP contribution in [0.5, 0.6) is 11.5 Å². The van der Waals surface area contributed by atoms with Crippen molar-refractivity contribution in [2.45, 2.75) is 32.9 Å². The highest BCUT2D eigenvalue weighted by atomic mass is 16.7. The lowest BCUT2D eigenvalue weighted by Crippen LogP contribution is -2.33. The fraction of sp³-hybridized carbons (Fsp3) is 0.375. The Morgan fingerprint density at radius 3 is 2.77 bits per heavy atom.